The molecule has 106 valence electrons. The van der Waals surface area contributed by atoms with Crippen LogP contribution >= 0.6 is 0 Å². The first-order valence-electron chi connectivity index (χ1n) is 5.47. The molecule has 19 heavy (non-hydrogen) atoms. The minimum atomic E-state index is -3.28. The van der Waals surface area contributed by atoms with E-state index in [0.717, 1.165) is 13.1 Å². The van der Waals surface area contributed by atoms with E-state index in [-0.39, 0.29) is 5.82 Å². The summed E-state index contributed by atoms with van der Waals surface area (Å²) in [5.74, 6) is -3.35. The van der Waals surface area contributed by atoms with E-state index >= 15 is 0 Å². The Bertz CT molecular complexity index is 548. The molecule has 1 saturated heterocycles. The standard InChI is InChI=1S/C10H14FN3O5/c1-9(14-3-2-6(12)13-8(14)17)10(11,18)7(16)5(4-15)19-9/h2-3,5,7,15-16,18H,4H2,1H3,(H2,12,13,17)/t5-,7-,9-,10-/m1/s1. The third-order valence-electron chi connectivity index (χ3n) is 3.24. The van der Waals surface area contributed by atoms with Crippen molar-refractivity contribution < 1.29 is 24.4 Å². The average molecular weight is 275 g/mol. The summed E-state index contributed by atoms with van der Waals surface area (Å²) in [5, 5.41) is 28.3. The lowest BCUT2D eigenvalue weighted by Gasteiger charge is -2.33. The van der Waals surface area contributed by atoms with Gasteiger partial charge in [0.15, 0.2) is 0 Å². The number of nitrogen functional groups attached to an aromatic ring is 1. The summed E-state index contributed by atoms with van der Waals surface area (Å²) in [6.45, 7) is 0.339. The van der Waals surface area contributed by atoms with Crippen LogP contribution in [0.2, 0.25) is 0 Å². The zero-order chi connectivity index (χ0) is 14.4. The molecule has 1 aliphatic heterocycles. The molecule has 0 saturated carbocycles. The number of alkyl halides is 1. The van der Waals surface area contributed by atoms with Gasteiger partial charge >= 0.3 is 5.69 Å². The van der Waals surface area contributed by atoms with Gasteiger partial charge in [0.1, 0.15) is 18.0 Å². The maximum absolute atomic E-state index is 14.3. The second kappa shape index (κ2) is 4.23. The number of halogens is 1. The number of anilines is 1. The van der Waals surface area contributed by atoms with E-state index in [1.54, 1.807) is 0 Å². The summed E-state index contributed by atoms with van der Waals surface area (Å²) in [4.78, 5) is 15.1. The largest absolute Gasteiger partial charge is 0.394 e. The third-order valence-corrected chi connectivity index (χ3v) is 3.24. The Kier molecular flexibility index (Phi) is 3.09. The van der Waals surface area contributed by atoms with Crippen LogP contribution in [0.4, 0.5) is 10.2 Å². The molecule has 2 rings (SSSR count). The third kappa shape index (κ3) is 1.82. The van der Waals surface area contributed by atoms with Crippen LogP contribution in [0, 0.1) is 0 Å². The smallest absolute Gasteiger partial charge is 0.352 e. The molecule has 9 heteroatoms. The van der Waals surface area contributed by atoms with E-state index in [2.05, 4.69) is 4.98 Å². The number of hydrogen-bond donors (Lipinski definition) is 4. The number of aliphatic hydroxyl groups excluding tert-OH is 2. The van der Waals surface area contributed by atoms with Gasteiger partial charge in [-0.05, 0) is 13.0 Å². The monoisotopic (exact) mass is 275 g/mol. The van der Waals surface area contributed by atoms with Gasteiger partial charge in [-0.2, -0.15) is 4.98 Å². The van der Waals surface area contributed by atoms with Crippen LogP contribution in [0.1, 0.15) is 6.92 Å². The molecule has 0 aliphatic carbocycles. The van der Waals surface area contributed by atoms with Crippen LogP contribution in [-0.2, 0) is 10.5 Å². The highest BCUT2D eigenvalue weighted by Gasteiger charge is 2.65. The molecule has 5 N–H and O–H groups in total. The van der Waals surface area contributed by atoms with Gasteiger partial charge in [0.05, 0.1) is 6.61 Å². The van der Waals surface area contributed by atoms with Crippen molar-refractivity contribution in [1.82, 2.24) is 9.55 Å². The van der Waals surface area contributed by atoms with Crippen molar-refractivity contribution in [3.05, 3.63) is 22.7 Å². The number of rotatable bonds is 2. The van der Waals surface area contributed by atoms with Crippen molar-refractivity contribution in [1.29, 1.82) is 0 Å². The Morgan fingerprint density at radius 2 is 2.32 bits per heavy atom. The fraction of sp³-hybridized carbons (Fsp3) is 0.600. The Balaban J connectivity index is 2.56. The Hall–Kier alpha value is -1.55. The van der Waals surface area contributed by atoms with Crippen molar-refractivity contribution in [3.8, 4) is 0 Å². The molecule has 1 aromatic rings. The molecule has 1 aromatic heterocycles. The van der Waals surface area contributed by atoms with Gasteiger partial charge in [-0.3, -0.25) is 4.57 Å². The second-order valence-electron chi connectivity index (χ2n) is 4.44. The van der Waals surface area contributed by atoms with E-state index in [9.17, 15) is 19.4 Å². The van der Waals surface area contributed by atoms with Crippen molar-refractivity contribution in [3.63, 3.8) is 0 Å². The fourth-order valence-corrected chi connectivity index (χ4v) is 2.07. The number of aliphatic hydroxyl groups is 3. The minimum absolute atomic E-state index is 0.0792. The first-order chi connectivity index (χ1) is 8.74. The van der Waals surface area contributed by atoms with Gasteiger partial charge in [-0.25, -0.2) is 9.18 Å². The Morgan fingerprint density at radius 3 is 2.79 bits per heavy atom. The molecule has 2 heterocycles. The van der Waals surface area contributed by atoms with Crippen LogP contribution in [-0.4, -0.2) is 49.5 Å². The predicted molar refractivity (Wildman–Crippen MR) is 60.6 cm³/mol. The number of nitrogens with zero attached hydrogens (tertiary/aromatic N) is 2. The van der Waals surface area contributed by atoms with Gasteiger partial charge in [0.2, 0.25) is 5.72 Å². The van der Waals surface area contributed by atoms with Gasteiger partial charge < -0.3 is 25.8 Å². The summed E-state index contributed by atoms with van der Waals surface area (Å²) >= 11 is 0. The zero-order valence-corrected chi connectivity index (χ0v) is 10.0. The fourth-order valence-electron chi connectivity index (χ4n) is 2.07. The maximum Gasteiger partial charge on any atom is 0.352 e. The number of hydrogen-bond acceptors (Lipinski definition) is 7. The van der Waals surface area contributed by atoms with Crippen molar-refractivity contribution >= 4 is 5.82 Å². The highest BCUT2D eigenvalue weighted by molar-refractivity contribution is 5.24. The summed E-state index contributed by atoms with van der Waals surface area (Å²) in [5.41, 5.74) is 2.13. The molecule has 8 nitrogen and oxygen atoms in total. The van der Waals surface area contributed by atoms with Crippen LogP contribution in [0.15, 0.2) is 17.1 Å². The van der Waals surface area contributed by atoms with Gasteiger partial charge in [0.25, 0.3) is 5.85 Å². The lowest BCUT2D eigenvalue weighted by molar-refractivity contribution is -0.252. The number of aromatic nitrogens is 2. The highest BCUT2D eigenvalue weighted by Crippen LogP contribution is 2.43. The van der Waals surface area contributed by atoms with Crippen molar-refractivity contribution in [2.24, 2.45) is 0 Å². The van der Waals surface area contributed by atoms with Crippen LogP contribution < -0.4 is 11.4 Å². The molecular weight excluding hydrogens is 261 g/mol. The number of ether oxygens (including phenoxy) is 1. The first kappa shape index (κ1) is 13.9. The Labute approximate surface area is 106 Å². The minimum Gasteiger partial charge on any atom is -0.394 e. The molecular formula is C10H14FN3O5. The molecule has 0 unspecified atom stereocenters. The van der Waals surface area contributed by atoms with Crippen LogP contribution in [0.5, 0.6) is 0 Å². The molecule has 0 aromatic carbocycles. The number of nitrogens with two attached hydrogens (primary N) is 1. The molecule has 0 amide bonds. The molecule has 0 radical (unpaired) electrons. The quantitative estimate of drug-likeness (QED) is 0.486. The van der Waals surface area contributed by atoms with Crippen molar-refractivity contribution in [2.75, 3.05) is 12.3 Å². The summed E-state index contributed by atoms with van der Waals surface area (Å²) in [6.07, 6.45) is -2.29. The van der Waals surface area contributed by atoms with Gasteiger partial charge in [-0.1, -0.05) is 0 Å². The molecule has 0 bridgehead atoms. The van der Waals surface area contributed by atoms with Crippen LogP contribution in [0.25, 0.3) is 0 Å². The average Bonchev–Trinajstić information content (AvgIpc) is 2.50. The molecule has 1 fully saturated rings. The molecule has 0 spiro atoms. The molecule has 1 aliphatic rings. The normalized spacial score (nSPS) is 38.6. The van der Waals surface area contributed by atoms with E-state index in [4.69, 9.17) is 15.6 Å². The van der Waals surface area contributed by atoms with E-state index in [1.807, 2.05) is 0 Å². The summed E-state index contributed by atoms with van der Waals surface area (Å²) in [7, 11) is 0. The summed E-state index contributed by atoms with van der Waals surface area (Å²) < 4.78 is 20.1. The highest BCUT2D eigenvalue weighted by atomic mass is 19.2. The van der Waals surface area contributed by atoms with Crippen molar-refractivity contribution in [2.45, 2.75) is 30.7 Å². The summed E-state index contributed by atoms with van der Waals surface area (Å²) in [6, 6.07) is 1.21. The van der Waals surface area contributed by atoms with E-state index in [1.165, 1.54) is 6.07 Å². The topological polar surface area (TPSA) is 131 Å². The SMILES string of the molecule is C[C@@]1(n2ccc(N)nc2=O)O[C@H](CO)[C@@H](O)[C@]1(O)F. The van der Waals surface area contributed by atoms with E-state index < -0.39 is 36.1 Å². The maximum atomic E-state index is 14.3. The van der Waals surface area contributed by atoms with Gasteiger partial charge in [0, 0.05) is 6.20 Å². The Morgan fingerprint density at radius 1 is 1.68 bits per heavy atom. The first-order valence-corrected chi connectivity index (χ1v) is 5.47. The van der Waals surface area contributed by atoms with E-state index in [0.29, 0.717) is 4.57 Å². The lowest BCUT2D eigenvalue weighted by Crippen LogP contribution is -2.55. The lowest BCUT2D eigenvalue weighted by atomic mass is 10.0. The van der Waals surface area contributed by atoms with Gasteiger partial charge in [-0.15, -0.1) is 0 Å². The predicted octanol–water partition coefficient (Wildman–Crippen LogP) is -2.09. The molecule has 4 atom stereocenters. The second-order valence-corrected chi connectivity index (χ2v) is 4.44. The zero-order valence-electron chi connectivity index (χ0n) is 10.0. The van der Waals surface area contributed by atoms with Crippen LogP contribution in [0.3, 0.4) is 0 Å².